The standard InChI is InChI=1S/C25H23ClN4O5/c1-14-5-7-17(12-18(14)26)28-21(31)9-6-15-3-2-4-16(11-15)27-19-13-23(33)30(25(19)35)20-8-10-22(32)29-24(20)34/h2-5,7,11-13,20,27H,6,8-10H2,1H3,(H,28,31)(H,29,32,34)/t20-/m0/s1. The first-order chi connectivity index (χ1) is 16.7. The highest BCUT2D eigenvalue weighted by atomic mass is 35.5. The molecule has 1 atom stereocenters. The van der Waals surface area contributed by atoms with Gasteiger partial charge in [-0.25, -0.2) is 0 Å². The third-order valence-electron chi connectivity index (χ3n) is 5.78. The van der Waals surface area contributed by atoms with Crippen LogP contribution in [0.4, 0.5) is 11.4 Å². The van der Waals surface area contributed by atoms with Gasteiger partial charge in [0.15, 0.2) is 0 Å². The van der Waals surface area contributed by atoms with Crippen molar-refractivity contribution in [1.82, 2.24) is 10.2 Å². The minimum absolute atomic E-state index is 0.0332. The van der Waals surface area contributed by atoms with Crippen LogP contribution in [-0.2, 0) is 30.4 Å². The average molecular weight is 495 g/mol. The van der Waals surface area contributed by atoms with E-state index in [-0.39, 0.29) is 30.9 Å². The lowest BCUT2D eigenvalue weighted by atomic mass is 10.0. The first-order valence-corrected chi connectivity index (χ1v) is 11.4. The molecule has 0 unspecified atom stereocenters. The number of aryl methyl sites for hydroxylation is 2. The zero-order chi connectivity index (χ0) is 25.1. The Balaban J connectivity index is 1.35. The maximum Gasteiger partial charge on any atom is 0.278 e. The number of piperidine rings is 1. The Bertz CT molecular complexity index is 1270. The van der Waals surface area contributed by atoms with E-state index in [4.69, 9.17) is 11.6 Å². The predicted octanol–water partition coefficient (Wildman–Crippen LogP) is 2.69. The van der Waals surface area contributed by atoms with Crippen LogP contribution in [0.25, 0.3) is 0 Å². The Labute approximate surface area is 206 Å². The summed E-state index contributed by atoms with van der Waals surface area (Å²) in [4.78, 5) is 61.9. The van der Waals surface area contributed by atoms with Crippen molar-refractivity contribution < 1.29 is 24.0 Å². The first-order valence-electron chi connectivity index (χ1n) is 11.1. The topological polar surface area (TPSA) is 125 Å². The van der Waals surface area contributed by atoms with Gasteiger partial charge in [0.25, 0.3) is 11.8 Å². The van der Waals surface area contributed by atoms with Gasteiger partial charge in [-0.1, -0.05) is 29.8 Å². The van der Waals surface area contributed by atoms with Crippen LogP contribution in [0.1, 0.15) is 30.4 Å². The number of nitrogens with zero attached hydrogens (tertiary/aromatic N) is 1. The van der Waals surface area contributed by atoms with E-state index < -0.39 is 29.7 Å². The molecule has 9 nitrogen and oxygen atoms in total. The van der Waals surface area contributed by atoms with E-state index in [1.807, 2.05) is 19.1 Å². The maximum absolute atomic E-state index is 12.8. The SMILES string of the molecule is Cc1ccc(NC(=O)CCc2cccc(NC3=CC(=O)N([C@H]4CCC(=O)NC4=O)C3=O)c2)cc1Cl. The molecule has 0 saturated carbocycles. The lowest BCUT2D eigenvalue weighted by Crippen LogP contribution is -2.54. The molecular formula is C25H23ClN4O5. The highest BCUT2D eigenvalue weighted by Gasteiger charge is 2.42. The number of hydrogen-bond acceptors (Lipinski definition) is 6. The molecule has 35 heavy (non-hydrogen) atoms. The lowest BCUT2D eigenvalue weighted by Gasteiger charge is -2.28. The number of carbonyl (C=O) groups excluding carboxylic acids is 5. The number of benzene rings is 2. The Hall–Kier alpha value is -3.98. The van der Waals surface area contributed by atoms with Crippen molar-refractivity contribution in [3.63, 3.8) is 0 Å². The molecule has 2 heterocycles. The molecule has 0 aromatic heterocycles. The Morgan fingerprint density at radius 3 is 2.66 bits per heavy atom. The zero-order valence-electron chi connectivity index (χ0n) is 18.9. The van der Waals surface area contributed by atoms with Crippen molar-refractivity contribution in [3.8, 4) is 0 Å². The molecule has 2 aromatic carbocycles. The monoisotopic (exact) mass is 494 g/mol. The largest absolute Gasteiger partial charge is 0.351 e. The van der Waals surface area contributed by atoms with E-state index in [0.717, 1.165) is 22.1 Å². The van der Waals surface area contributed by atoms with Gasteiger partial charge in [-0.15, -0.1) is 0 Å². The Morgan fingerprint density at radius 2 is 1.91 bits per heavy atom. The molecule has 0 radical (unpaired) electrons. The number of carbonyl (C=O) groups is 5. The van der Waals surface area contributed by atoms with Crippen LogP contribution in [0.2, 0.25) is 5.02 Å². The molecule has 5 amide bonds. The van der Waals surface area contributed by atoms with Crippen LogP contribution in [0, 0.1) is 6.92 Å². The summed E-state index contributed by atoms with van der Waals surface area (Å²) in [5.41, 5.74) is 2.99. The molecule has 1 fully saturated rings. The number of anilines is 2. The van der Waals surface area contributed by atoms with Crippen molar-refractivity contribution >= 4 is 52.5 Å². The number of imide groups is 2. The summed E-state index contributed by atoms with van der Waals surface area (Å²) in [6, 6.07) is 11.4. The molecule has 2 aliphatic rings. The second kappa shape index (κ2) is 10.1. The van der Waals surface area contributed by atoms with Crippen molar-refractivity contribution in [3.05, 3.63) is 70.4 Å². The Kier molecular flexibility index (Phi) is 6.97. The molecule has 2 aliphatic heterocycles. The van der Waals surface area contributed by atoms with Gasteiger partial charge in [-0.05, 0) is 55.2 Å². The van der Waals surface area contributed by atoms with E-state index in [2.05, 4.69) is 16.0 Å². The third kappa shape index (κ3) is 5.58. The summed E-state index contributed by atoms with van der Waals surface area (Å²) in [5.74, 6) is -2.50. The maximum atomic E-state index is 12.8. The third-order valence-corrected chi connectivity index (χ3v) is 6.19. The molecule has 0 spiro atoms. The van der Waals surface area contributed by atoms with Crippen molar-refractivity contribution in [2.24, 2.45) is 0 Å². The molecule has 0 aliphatic carbocycles. The number of rotatable bonds is 7. The van der Waals surface area contributed by atoms with E-state index in [1.165, 1.54) is 0 Å². The normalized spacial score (nSPS) is 17.8. The van der Waals surface area contributed by atoms with Gasteiger partial charge in [0.2, 0.25) is 17.7 Å². The molecule has 4 rings (SSSR count). The van der Waals surface area contributed by atoms with Gasteiger partial charge >= 0.3 is 0 Å². The van der Waals surface area contributed by atoms with Gasteiger partial charge in [0.05, 0.1) is 0 Å². The second-order valence-electron chi connectivity index (χ2n) is 8.38. The lowest BCUT2D eigenvalue weighted by molar-refractivity contribution is -0.149. The van der Waals surface area contributed by atoms with E-state index in [1.54, 1.807) is 30.3 Å². The highest BCUT2D eigenvalue weighted by Crippen LogP contribution is 2.24. The quantitative estimate of drug-likeness (QED) is 0.508. The van der Waals surface area contributed by atoms with Crippen molar-refractivity contribution in [1.29, 1.82) is 0 Å². The molecule has 1 saturated heterocycles. The first kappa shape index (κ1) is 24.2. The summed E-state index contributed by atoms with van der Waals surface area (Å²) < 4.78 is 0. The minimum Gasteiger partial charge on any atom is -0.351 e. The van der Waals surface area contributed by atoms with Crippen LogP contribution in [0.15, 0.2) is 54.2 Å². The second-order valence-corrected chi connectivity index (χ2v) is 8.78. The van der Waals surface area contributed by atoms with Crippen LogP contribution < -0.4 is 16.0 Å². The van der Waals surface area contributed by atoms with Gasteiger partial charge in [-0.3, -0.25) is 34.2 Å². The number of halogens is 1. The molecule has 180 valence electrons. The van der Waals surface area contributed by atoms with Gasteiger partial charge in [-0.2, -0.15) is 0 Å². The van der Waals surface area contributed by atoms with Crippen molar-refractivity contribution in [2.45, 2.75) is 38.6 Å². The fraction of sp³-hybridized carbons (Fsp3) is 0.240. The minimum atomic E-state index is -1.02. The van der Waals surface area contributed by atoms with Crippen LogP contribution >= 0.6 is 11.6 Å². The molecule has 10 heteroatoms. The smallest absolute Gasteiger partial charge is 0.278 e. The number of hydrogen-bond donors (Lipinski definition) is 3. The van der Waals surface area contributed by atoms with Crippen LogP contribution in [0.3, 0.4) is 0 Å². The average Bonchev–Trinajstić information content (AvgIpc) is 3.08. The van der Waals surface area contributed by atoms with E-state index in [9.17, 15) is 24.0 Å². The summed E-state index contributed by atoms with van der Waals surface area (Å²) >= 11 is 6.10. The van der Waals surface area contributed by atoms with Crippen LogP contribution in [-0.4, -0.2) is 40.5 Å². The van der Waals surface area contributed by atoms with E-state index in [0.29, 0.717) is 22.8 Å². The molecule has 2 aromatic rings. The number of amides is 5. The summed E-state index contributed by atoms with van der Waals surface area (Å²) in [6.07, 6.45) is 1.98. The molecule has 0 bridgehead atoms. The summed E-state index contributed by atoms with van der Waals surface area (Å²) in [5, 5.41) is 8.48. The van der Waals surface area contributed by atoms with Gasteiger partial charge < -0.3 is 10.6 Å². The fourth-order valence-corrected chi connectivity index (χ4v) is 4.09. The molecule has 3 N–H and O–H groups in total. The summed E-state index contributed by atoms with van der Waals surface area (Å²) in [7, 11) is 0. The van der Waals surface area contributed by atoms with Crippen molar-refractivity contribution in [2.75, 3.05) is 10.6 Å². The van der Waals surface area contributed by atoms with Gasteiger partial charge in [0, 0.05) is 35.3 Å². The van der Waals surface area contributed by atoms with Crippen LogP contribution in [0.5, 0.6) is 0 Å². The predicted molar refractivity (Wildman–Crippen MR) is 129 cm³/mol. The zero-order valence-corrected chi connectivity index (χ0v) is 19.6. The molecular weight excluding hydrogens is 472 g/mol. The highest BCUT2D eigenvalue weighted by molar-refractivity contribution is 6.31. The number of nitrogens with one attached hydrogen (secondary N) is 3. The Morgan fingerprint density at radius 1 is 1.11 bits per heavy atom. The summed E-state index contributed by atoms with van der Waals surface area (Å²) in [6.45, 7) is 1.88. The van der Waals surface area contributed by atoms with E-state index >= 15 is 0 Å². The fourth-order valence-electron chi connectivity index (χ4n) is 3.91. The van der Waals surface area contributed by atoms with Gasteiger partial charge in [0.1, 0.15) is 11.7 Å².